The molecule has 2 amide bonds. The molecule has 1 aliphatic rings. The molecule has 1 aromatic carbocycles. The Hall–Kier alpha value is -2.83. The first-order valence-corrected chi connectivity index (χ1v) is 7.76. The second-order valence-corrected chi connectivity index (χ2v) is 5.61. The van der Waals surface area contributed by atoms with E-state index in [0.29, 0.717) is 11.1 Å². The van der Waals surface area contributed by atoms with E-state index in [2.05, 4.69) is 5.32 Å². The van der Waals surface area contributed by atoms with Crippen molar-refractivity contribution in [3.8, 4) is 5.75 Å². The Balaban J connectivity index is 1.81. The summed E-state index contributed by atoms with van der Waals surface area (Å²) in [5, 5.41) is 3.07. The van der Waals surface area contributed by atoms with Crippen molar-refractivity contribution in [3.63, 3.8) is 0 Å². The summed E-state index contributed by atoms with van der Waals surface area (Å²) in [7, 11) is 1.50. The topological polar surface area (TPSA) is 88.9 Å². The third-order valence-electron chi connectivity index (χ3n) is 4.06. The van der Waals surface area contributed by atoms with Gasteiger partial charge in [-0.3, -0.25) is 9.59 Å². The van der Waals surface area contributed by atoms with Crippen LogP contribution in [0.4, 0.5) is 0 Å². The van der Waals surface area contributed by atoms with Crippen molar-refractivity contribution in [3.05, 3.63) is 40.2 Å². The maximum atomic E-state index is 12.4. The molecule has 3 rings (SSSR count). The van der Waals surface area contributed by atoms with E-state index in [0.717, 1.165) is 32.0 Å². The lowest BCUT2D eigenvalue weighted by atomic mass is 10.1. The fourth-order valence-corrected chi connectivity index (χ4v) is 2.79. The first-order valence-electron chi connectivity index (χ1n) is 7.76. The van der Waals surface area contributed by atoms with E-state index in [1.165, 1.54) is 7.11 Å². The molecular weight excluding hydrogens is 312 g/mol. The zero-order valence-electron chi connectivity index (χ0n) is 13.3. The summed E-state index contributed by atoms with van der Waals surface area (Å²) < 4.78 is 10.2. The number of carbonyl (C=O) groups is 2. The third-order valence-corrected chi connectivity index (χ3v) is 4.06. The molecule has 0 atom stereocenters. The van der Waals surface area contributed by atoms with Gasteiger partial charge in [-0.15, -0.1) is 0 Å². The van der Waals surface area contributed by atoms with Gasteiger partial charge in [0.15, 0.2) is 0 Å². The highest BCUT2D eigenvalue weighted by atomic mass is 16.5. The third kappa shape index (κ3) is 3.24. The summed E-state index contributed by atoms with van der Waals surface area (Å²) >= 11 is 0. The molecule has 1 fully saturated rings. The number of ether oxygens (including phenoxy) is 1. The number of fused-ring (bicyclic) bond motifs is 1. The molecule has 0 bridgehead atoms. The van der Waals surface area contributed by atoms with E-state index in [1.54, 1.807) is 23.1 Å². The van der Waals surface area contributed by atoms with Crippen LogP contribution in [0.3, 0.4) is 0 Å². The molecule has 1 N–H and O–H groups in total. The van der Waals surface area contributed by atoms with E-state index in [-0.39, 0.29) is 23.6 Å². The van der Waals surface area contributed by atoms with Crippen LogP contribution in [0.1, 0.15) is 23.2 Å². The van der Waals surface area contributed by atoms with Crippen LogP contribution in [0, 0.1) is 0 Å². The van der Waals surface area contributed by atoms with Crippen LogP contribution in [0.5, 0.6) is 5.75 Å². The van der Waals surface area contributed by atoms with Gasteiger partial charge in [-0.1, -0.05) is 0 Å². The summed E-state index contributed by atoms with van der Waals surface area (Å²) in [6.07, 6.45) is 1.98. The lowest BCUT2D eigenvalue weighted by Crippen LogP contribution is -2.38. The van der Waals surface area contributed by atoms with Gasteiger partial charge in [0.25, 0.3) is 5.91 Å². The van der Waals surface area contributed by atoms with Crippen LogP contribution in [0.15, 0.2) is 33.5 Å². The number of hydrogen-bond acceptors (Lipinski definition) is 5. The molecule has 2 heterocycles. The van der Waals surface area contributed by atoms with E-state index < -0.39 is 11.5 Å². The summed E-state index contributed by atoms with van der Waals surface area (Å²) in [5.41, 5.74) is -0.192. The number of rotatable bonds is 4. The van der Waals surface area contributed by atoms with E-state index >= 15 is 0 Å². The number of nitrogens with one attached hydrogen (secondary N) is 1. The number of benzene rings is 1. The molecule has 126 valence electrons. The molecule has 0 aliphatic carbocycles. The maximum absolute atomic E-state index is 12.4. The van der Waals surface area contributed by atoms with Crippen LogP contribution in [-0.4, -0.2) is 43.5 Å². The zero-order valence-corrected chi connectivity index (χ0v) is 13.3. The molecular formula is C17H18N2O5. The Kier molecular flexibility index (Phi) is 4.50. The van der Waals surface area contributed by atoms with Gasteiger partial charge in [0.2, 0.25) is 5.91 Å². The van der Waals surface area contributed by atoms with Gasteiger partial charge in [-0.25, -0.2) is 4.79 Å². The first kappa shape index (κ1) is 16.0. The Labute approximate surface area is 138 Å². The number of methoxy groups -OCH3 is 1. The van der Waals surface area contributed by atoms with Crippen molar-refractivity contribution < 1.29 is 18.7 Å². The molecule has 24 heavy (non-hydrogen) atoms. The van der Waals surface area contributed by atoms with Crippen molar-refractivity contribution in [1.29, 1.82) is 0 Å². The fraction of sp³-hybridized carbons (Fsp3) is 0.353. The zero-order chi connectivity index (χ0) is 17.1. The minimum atomic E-state index is -0.633. The first-order chi connectivity index (χ1) is 11.6. The maximum Gasteiger partial charge on any atom is 0.337 e. The van der Waals surface area contributed by atoms with Crippen LogP contribution in [0.25, 0.3) is 11.0 Å². The molecule has 0 saturated carbocycles. The number of amides is 2. The van der Waals surface area contributed by atoms with E-state index in [4.69, 9.17) is 9.15 Å². The summed E-state index contributed by atoms with van der Waals surface area (Å²) in [6, 6.07) is 6.00. The van der Waals surface area contributed by atoms with Gasteiger partial charge < -0.3 is 19.4 Å². The highest BCUT2D eigenvalue weighted by Gasteiger charge is 2.19. The Morgan fingerprint density at radius 3 is 2.71 bits per heavy atom. The molecule has 2 aromatic rings. The van der Waals surface area contributed by atoms with E-state index in [1.807, 2.05) is 0 Å². The lowest BCUT2D eigenvalue weighted by Gasteiger charge is -2.15. The average molecular weight is 330 g/mol. The largest absolute Gasteiger partial charge is 0.497 e. The Bertz CT molecular complexity index is 836. The summed E-state index contributed by atoms with van der Waals surface area (Å²) in [4.78, 5) is 37.8. The smallest absolute Gasteiger partial charge is 0.337 e. The van der Waals surface area contributed by atoms with Gasteiger partial charge in [0, 0.05) is 30.6 Å². The molecule has 1 aromatic heterocycles. The summed E-state index contributed by atoms with van der Waals surface area (Å²) in [5.74, 6) is -0.0761. The van der Waals surface area contributed by atoms with Crippen molar-refractivity contribution in [1.82, 2.24) is 10.2 Å². The van der Waals surface area contributed by atoms with Crippen LogP contribution >= 0.6 is 0 Å². The predicted molar refractivity (Wildman–Crippen MR) is 87.2 cm³/mol. The van der Waals surface area contributed by atoms with Crippen molar-refractivity contribution in [2.24, 2.45) is 0 Å². The molecule has 7 nitrogen and oxygen atoms in total. The molecule has 0 unspecified atom stereocenters. The van der Waals surface area contributed by atoms with Gasteiger partial charge in [0.1, 0.15) is 11.3 Å². The minimum absolute atomic E-state index is 0.0866. The number of hydrogen-bond donors (Lipinski definition) is 1. The summed E-state index contributed by atoms with van der Waals surface area (Å²) in [6.45, 7) is 1.37. The van der Waals surface area contributed by atoms with Crippen LogP contribution in [-0.2, 0) is 4.79 Å². The van der Waals surface area contributed by atoms with Gasteiger partial charge in [0.05, 0.1) is 19.2 Å². The molecule has 0 spiro atoms. The Morgan fingerprint density at radius 2 is 2.00 bits per heavy atom. The number of carbonyl (C=O) groups excluding carboxylic acids is 2. The Morgan fingerprint density at radius 1 is 1.25 bits per heavy atom. The standard InChI is InChI=1S/C17H18N2O5/c1-23-11-4-5-12-13(9-16(21)24-14(12)8-11)17(22)18-10-15(20)19-6-2-3-7-19/h4-5,8-9H,2-3,6-7,10H2,1H3,(H,18,22). The average Bonchev–Trinajstić information content (AvgIpc) is 3.12. The normalized spacial score (nSPS) is 14.0. The van der Waals surface area contributed by atoms with Gasteiger partial charge >= 0.3 is 5.63 Å². The monoisotopic (exact) mass is 330 g/mol. The second-order valence-electron chi connectivity index (χ2n) is 5.61. The highest BCUT2D eigenvalue weighted by molar-refractivity contribution is 6.06. The van der Waals surface area contributed by atoms with Crippen molar-refractivity contribution in [2.75, 3.05) is 26.7 Å². The SMILES string of the molecule is COc1ccc2c(C(=O)NCC(=O)N3CCCC3)cc(=O)oc2c1. The number of nitrogens with zero attached hydrogens (tertiary/aromatic N) is 1. The van der Waals surface area contributed by atoms with Crippen molar-refractivity contribution >= 4 is 22.8 Å². The second kappa shape index (κ2) is 6.74. The van der Waals surface area contributed by atoms with Gasteiger partial charge in [-0.2, -0.15) is 0 Å². The van der Waals surface area contributed by atoms with E-state index in [9.17, 15) is 14.4 Å². The highest BCUT2D eigenvalue weighted by Crippen LogP contribution is 2.22. The molecule has 0 radical (unpaired) electrons. The minimum Gasteiger partial charge on any atom is -0.497 e. The van der Waals surface area contributed by atoms with Crippen molar-refractivity contribution in [2.45, 2.75) is 12.8 Å². The quantitative estimate of drug-likeness (QED) is 0.850. The van der Waals surface area contributed by atoms with Crippen LogP contribution in [0.2, 0.25) is 0 Å². The fourth-order valence-electron chi connectivity index (χ4n) is 2.79. The lowest BCUT2D eigenvalue weighted by molar-refractivity contribution is -0.129. The predicted octanol–water partition coefficient (Wildman–Crippen LogP) is 1.15. The molecule has 1 aliphatic heterocycles. The number of likely N-dealkylation sites (tertiary alicyclic amines) is 1. The molecule has 7 heteroatoms. The van der Waals surface area contributed by atoms with Gasteiger partial charge in [-0.05, 0) is 25.0 Å². The van der Waals surface area contributed by atoms with Crippen LogP contribution < -0.4 is 15.7 Å². The molecule has 1 saturated heterocycles.